The lowest BCUT2D eigenvalue weighted by molar-refractivity contribution is 0.0956. The Bertz CT molecular complexity index is 829. The minimum absolute atomic E-state index is 0.0849. The fourth-order valence-corrected chi connectivity index (χ4v) is 2.81. The fraction of sp³-hybridized carbons (Fsp3) is 0.333. The maximum atomic E-state index is 14.7. The topological polar surface area (TPSA) is 69.7 Å². The highest BCUT2D eigenvalue weighted by Gasteiger charge is 2.34. The quantitative estimate of drug-likeness (QED) is 0.602. The second-order valence-electron chi connectivity index (χ2n) is 5.69. The van der Waals surface area contributed by atoms with Gasteiger partial charge in [-0.05, 0) is 18.2 Å². The van der Waals surface area contributed by atoms with Crippen LogP contribution in [0.1, 0.15) is 21.8 Å². The molecule has 0 radical (unpaired) electrons. The van der Waals surface area contributed by atoms with Gasteiger partial charge >= 0.3 is 0 Å². The van der Waals surface area contributed by atoms with Crippen LogP contribution in [0.15, 0.2) is 24.4 Å². The average molecular weight is 364 g/mol. The summed E-state index contributed by atoms with van der Waals surface area (Å²) in [4.78, 5) is 17.0. The van der Waals surface area contributed by atoms with Crippen molar-refractivity contribution in [3.63, 3.8) is 0 Å². The number of Topliss-reactive ketones (excluding diaryl/α,β-unsaturated/α-hetero) is 1. The largest absolute Gasteiger partial charge is 0.495 e. The zero-order valence-electron chi connectivity index (χ0n) is 14.3. The van der Waals surface area contributed by atoms with Gasteiger partial charge in [-0.1, -0.05) is 0 Å². The summed E-state index contributed by atoms with van der Waals surface area (Å²) >= 11 is 0. The number of benzene rings is 1. The number of carbonyl (C=O) groups is 1. The zero-order chi connectivity index (χ0) is 18.7. The van der Waals surface area contributed by atoms with Gasteiger partial charge in [-0.2, -0.15) is 0 Å². The Morgan fingerprint density at radius 1 is 1.31 bits per heavy atom. The van der Waals surface area contributed by atoms with Gasteiger partial charge in [-0.15, -0.1) is 0 Å². The number of halogens is 2. The molecule has 2 aromatic rings. The molecule has 0 saturated carbocycles. The van der Waals surface area contributed by atoms with Crippen molar-refractivity contribution in [2.45, 2.75) is 5.92 Å². The summed E-state index contributed by atoms with van der Waals surface area (Å²) in [5.41, 5.74) is -0.0822. The summed E-state index contributed by atoms with van der Waals surface area (Å²) < 4.78 is 44.1. The molecule has 0 bridgehead atoms. The van der Waals surface area contributed by atoms with Crippen LogP contribution in [0.4, 0.5) is 14.6 Å². The van der Waals surface area contributed by atoms with Crippen LogP contribution >= 0.6 is 0 Å². The normalized spacial score (nSPS) is 15.3. The molecule has 6 nitrogen and oxygen atoms in total. The van der Waals surface area contributed by atoms with E-state index in [1.165, 1.54) is 20.4 Å². The summed E-state index contributed by atoms with van der Waals surface area (Å²) in [5.74, 6) is -2.64. The predicted molar refractivity (Wildman–Crippen MR) is 90.1 cm³/mol. The van der Waals surface area contributed by atoms with Gasteiger partial charge in [0.25, 0.3) is 0 Å². The average Bonchev–Trinajstić information content (AvgIpc) is 3.06. The number of carbonyl (C=O) groups excluding carboxylic acids is 1. The van der Waals surface area contributed by atoms with E-state index in [0.29, 0.717) is 17.1 Å². The maximum Gasteiger partial charge on any atom is 0.178 e. The Labute approximate surface area is 149 Å². The van der Waals surface area contributed by atoms with E-state index in [0.717, 1.165) is 12.1 Å². The van der Waals surface area contributed by atoms with E-state index < -0.39 is 28.9 Å². The molecule has 1 aromatic heterocycles. The molecule has 1 aliphatic heterocycles. The number of methoxy groups -OCH3 is 2. The number of ether oxygens (including phenoxy) is 3. The molecule has 3 rings (SSSR count). The molecule has 1 N–H and O–H groups in total. The molecule has 1 aromatic carbocycles. The third-order valence-electron chi connectivity index (χ3n) is 4.14. The molecule has 1 unspecified atom stereocenters. The number of nitrogens with one attached hydrogen (secondary N) is 1. The van der Waals surface area contributed by atoms with Crippen molar-refractivity contribution in [3.05, 3.63) is 47.2 Å². The monoisotopic (exact) mass is 364 g/mol. The van der Waals surface area contributed by atoms with Crippen molar-refractivity contribution in [3.8, 4) is 11.5 Å². The molecule has 1 aliphatic rings. The molecule has 0 aliphatic carbocycles. The smallest absolute Gasteiger partial charge is 0.178 e. The van der Waals surface area contributed by atoms with Crippen LogP contribution in [0.3, 0.4) is 0 Å². The van der Waals surface area contributed by atoms with Gasteiger partial charge in [-0.3, -0.25) is 4.79 Å². The van der Waals surface area contributed by atoms with Crippen LogP contribution < -0.4 is 14.8 Å². The molecule has 0 saturated heterocycles. The second kappa shape index (κ2) is 7.65. The number of pyridine rings is 1. The van der Waals surface area contributed by atoms with Gasteiger partial charge in [0.1, 0.15) is 24.0 Å². The highest BCUT2D eigenvalue weighted by atomic mass is 19.1. The molecule has 138 valence electrons. The first-order valence-corrected chi connectivity index (χ1v) is 7.98. The fourth-order valence-electron chi connectivity index (χ4n) is 2.81. The molecule has 0 amide bonds. The van der Waals surface area contributed by atoms with Gasteiger partial charge in [0.2, 0.25) is 0 Å². The summed E-state index contributed by atoms with van der Waals surface area (Å²) in [6, 6.07) is 3.81. The standard InChI is InChI=1S/C18H18F2N2O4/c1-24-5-6-26-14-4-3-13(19)15(16(14)20)17(23)12-9-22-18-11(12)7-10(25-2)8-21-18/h3-4,7-8,12H,5-6,9H2,1-2H3,(H,21,22). The van der Waals surface area contributed by atoms with E-state index in [-0.39, 0.29) is 25.5 Å². The summed E-state index contributed by atoms with van der Waals surface area (Å²) in [6.45, 7) is 0.523. The lowest BCUT2D eigenvalue weighted by Crippen LogP contribution is -2.18. The van der Waals surface area contributed by atoms with E-state index in [1.54, 1.807) is 6.07 Å². The van der Waals surface area contributed by atoms with Gasteiger partial charge in [0.05, 0.1) is 31.4 Å². The number of hydrogen-bond acceptors (Lipinski definition) is 6. The lowest BCUT2D eigenvalue weighted by Gasteiger charge is -2.14. The number of fused-ring (bicyclic) bond motifs is 1. The Hall–Kier alpha value is -2.74. The molecule has 0 spiro atoms. The van der Waals surface area contributed by atoms with Crippen LogP contribution in [-0.4, -0.2) is 44.7 Å². The van der Waals surface area contributed by atoms with Crippen molar-refractivity contribution in [1.82, 2.24) is 4.98 Å². The van der Waals surface area contributed by atoms with E-state index in [1.807, 2.05) is 0 Å². The Kier molecular flexibility index (Phi) is 5.32. The van der Waals surface area contributed by atoms with Crippen molar-refractivity contribution in [2.24, 2.45) is 0 Å². The number of aromatic nitrogens is 1. The molecular weight excluding hydrogens is 346 g/mol. The highest BCUT2D eigenvalue weighted by molar-refractivity contribution is 6.03. The summed E-state index contributed by atoms with van der Waals surface area (Å²) in [6.07, 6.45) is 1.50. The van der Waals surface area contributed by atoms with Crippen LogP contribution in [0.5, 0.6) is 11.5 Å². The first-order chi connectivity index (χ1) is 12.6. The minimum Gasteiger partial charge on any atom is -0.495 e. The summed E-state index contributed by atoms with van der Waals surface area (Å²) in [7, 11) is 2.95. The van der Waals surface area contributed by atoms with E-state index in [9.17, 15) is 13.6 Å². The lowest BCUT2D eigenvalue weighted by atomic mass is 9.92. The Morgan fingerprint density at radius 3 is 2.85 bits per heavy atom. The third kappa shape index (κ3) is 3.32. The van der Waals surface area contributed by atoms with Gasteiger partial charge < -0.3 is 19.5 Å². The van der Waals surface area contributed by atoms with Gasteiger partial charge in [-0.25, -0.2) is 13.8 Å². The first kappa shape index (κ1) is 18.1. The van der Waals surface area contributed by atoms with Crippen LogP contribution in [-0.2, 0) is 4.74 Å². The molecule has 2 heterocycles. The van der Waals surface area contributed by atoms with Crippen LogP contribution in [0, 0.1) is 11.6 Å². The van der Waals surface area contributed by atoms with Gasteiger partial charge in [0.15, 0.2) is 17.3 Å². The van der Waals surface area contributed by atoms with Crippen molar-refractivity contribution < 1.29 is 27.8 Å². The van der Waals surface area contributed by atoms with Gasteiger partial charge in [0, 0.05) is 19.2 Å². The Morgan fingerprint density at radius 2 is 2.12 bits per heavy atom. The van der Waals surface area contributed by atoms with E-state index in [4.69, 9.17) is 14.2 Å². The number of hydrogen-bond donors (Lipinski definition) is 1. The molecule has 26 heavy (non-hydrogen) atoms. The number of ketones is 1. The highest BCUT2D eigenvalue weighted by Crippen LogP contribution is 2.36. The SMILES string of the molecule is COCCOc1ccc(F)c(C(=O)C2CNc3ncc(OC)cc32)c1F. The van der Waals surface area contributed by atoms with Crippen LogP contribution in [0.25, 0.3) is 0 Å². The third-order valence-corrected chi connectivity index (χ3v) is 4.14. The van der Waals surface area contributed by atoms with Crippen molar-refractivity contribution in [2.75, 3.05) is 39.3 Å². The minimum atomic E-state index is -1.02. The zero-order valence-corrected chi connectivity index (χ0v) is 14.3. The molecule has 0 fully saturated rings. The van der Waals surface area contributed by atoms with Crippen molar-refractivity contribution in [1.29, 1.82) is 0 Å². The van der Waals surface area contributed by atoms with Crippen molar-refractivity contribution >= 4 is 11.6 Å². The van der Waals surface area contributed by atoms with E-state index >= 15 is 0 Å². The molecular formula is C18H18F2N2O4. The molecule has 8 heteroatoms. The second-order valence-corrected chi connectivity index (χ2v) is 5.69. The number of nitrogens with zero attached hydrogens (tertiary/aromatic N) is 1. The maximum absolute atomic E-state index is 14.7. The van der Waals surface area contributed by atoms with Crippen LogP contribution in [0.2, 0.25) is 0 Å². The first-order valence-electron chi connectivity index (χ1n) is 7.98. The predicted octanol–water partition coefficient (Wildman–Crippen LogP) is 2.79. The Balaban J connectivity index is 1.93. The number of anilines is 1. The molecule has 1 atom stereocenters. The number of rotatable bonds is 7. The summed E-state index contributed by atoms with van der Waals surface area (Å²) in [5, 5.41) is 2.97. The van der Waals surface area contributed by atoms with E-state index in [2.05, 4.69) is 10.3 Å².